The lowest BCUT2D eigenvalue weighted by atomic mass is 10.0. The zero-order valence-electron chi connectivity index (χ0n) is 26.7. The van der Waals surface area contributed by atoms with Gasteiger partial charge in [-0.25, -0.2) is 9.18 Å². The number of amides is 2. The highest BCUT2D eigenvalue weighted by Gasteiger charge is 2.31. The van der Waals surface area contributed by atoms with Gasteiger partial charge in [-0.15, -0.1) is 0 Å². The number of hydrogen-bond donors (Lipinski definition) is 4. The molecular formula is C33H38F4N6O5. The van der Waals surface area contributed by atoms with Crippen LogP contribution in [0.3, 0.4) is 0 Å². The number of carbonyl (C=O) groups is 3. The Labute approximate surface area is 275 Å². The highest BCUT2D eigenvalue weighted by atomic mass is 19.4. The van der Waals surface area contributed by atoms with Crippen LogP contribution in [-0.2, 0) is 20.9 Å². The third-order valence-electron chi connectivity index (χ3n) is 7.89. The van der Waals surface area contributed by atoms with E-state index in [1.165, 1.54) is 19.2 Å². The van der Waals surface area contributed by atoms with Crippen molar-refractivity contribution in [3.63, 3.8) is 0 Å². The maximum absolute atomic E-state index is 14.8. The number of rotatable bonds is 12. The van der Waals surface area contributed by atoms with E-state index in [1.807, 2.05) is 11.9 Å². The molecule has 3 atom stereocenters. The number of benzene rings is 2. The Hall–Kier alpha value is -4.97. The molecule has 15 heteroatoms. The smallest absolute Gasteiger partial charge is 0.406 e. The van der Waals surface area contributed by atoms with Crippen LogP contribution in [0.2, 0.25) is 0 Å². The summed E-state index contributed by atoms with van der Waals surface area (Å²) in [7, 11) is 4.38. The molecular weight excluding hydrogens is 636 g/mol. The minimum absolute atomic E-state index is 0.0111. The summed E-state index contributed by atoms with van der Waals surface area (Å²) in [6.07, 6.45) is -5.27. The van der Waals surface area contributed by atoms with Crippen molar-refractivity contribution in [2.75, 3.05) is 51.5 Å². The first-order chi connectivity index (χ1) is 22.8. The van der Waals surface area contributed by atoms with Gasteiger partial charge in [0.15, 0.2) is 0 Å². The Morgan fingerprint density at radius 1 is 1.12 bits per heavy atom. The Balaban J connectivity index is 1.51. The zero-order valence-corrected chi connectivity index (χ0v) is 26.7. The van der Waals surface area contributed by atoms with Crippen LogP contribution >= 0.6 is 0 Å². The van der Waals surface area contributed by atoms with Gasteiger partial charge in [0, 0.05) is 36.1 Å². The zero-order chi connectivity index (χ0) is 35.0. The fourth-order valence-corrected chi connectivity index (χ4v) is 5.45. The molecule has 0 spiro atoms. The number of likely N-dealkylation sites (tertiary alicyclic amines) is 1. The number of nitrogens with zero attached hydrogens (tertiary/aromatic N) is 2. The number of hydrogen-bond acceptors (Lipinski definition) is 8. The van der Waals surface area contributed by atoms with Gasteiger partial charge in [0.1, 0.15) is 24.5 Å². The molecule has 3 aromatic rings. The largest absolute Gasteiger partial charge is 0.495 e. The molecule has 258 valence electrons. The fraction of sp³-hybridized carbons (Fsp3) is 0.424. The minimum atomic E-state index is -4.51. The molecule has 2 heterocycles. The normalized spacial score (nSPS) is 17.1. The lowest BCUT2D eigenvalue weighted by Crippen LogP contribution is -2.46. The van der Waals surface area contributed by atoms with Crippen molar-refractivity contribution >= 4 is 40.1 Å². The minimum Gasteiger partial charge on any atom is -0.495 e. The Morgan fingerprint density at radius 3 is 2.56 bits per heavy atom. The van der Waals surface area contributed by atoms with Crippen LogP contribution in [0, 0.1) is 11.8 Å². The Morgan fingerprint density at radius 2 is 1.90 bits per heavy atom. The number of carbonyl (C=O) groups excluding carboxylic acids is 3. The molecule has 1 fully saturated rings. The maximum Gasteiger partial charge on any atom is 0.406 e. The first-order valence-corrected chi connectivity index (χ1v) is 15.2. The lowest BCUT2D eigenvalue weighted by Gasteiger charge is -2.33. The number of piperidine rings is 1. The van der Waals surface area contributed by atoms with Crippen LogP contribution in [0.1, 0.15) is 35.3 Å². The van der Waals surface area contributed by atoms with Gasteiger partial charge >= 0.3 is 12.1 Å². The second-order valence-corrected chi connectivity index (χ2v) is 11.4. The second kappa shape index (κ2) is 15.7. The van der Waals surface area contributed by atoms with E-state index in [0.717, 1.165) is 11.7 Å². The quantitative estimate of drug-likeness (QED) is 0.130. The third-order valence-corrected chi connectivity index (χ3v) is 7.89. The van der Waals surface area contributed by atoms with Crippen molar-refractivity contribution in [2.45, 2.75) is 50.2 Å². The molecule has 0 aliphatic carbocycles. The van der Waals surface area contributed by atoms with Gasteiger partial charge in [0.2, 0.25) is 5.91 Å². The van der Waals surface area contributed by atoms with Gasteiger partial charge in [0.05, 0.1) is 43.7 Å². The average molecular weight is 675 g/mol. The van der Waals surface area contributed by atoms with Crippen molar-refractivity contribution in [3.05, 3.63) is 53.7 Å². The second-order valence-electron chi connectivity index (χ2n) is 11.4. The van der Waals surface area contributed by atoms with Crippen molar-refractivity contribution in [3.8, 4) is 17.6 Å². The molecule has 1 aliphatic rings. The number of fused-ring (bicyclic) bond motifs is 1. The average Bonchev–Trinajstić information content (AvgIpc) is 3.38. The number of primary amides is 1. The topological polar surface area (TPSA) is 140 Å². The number of halogens is 4. The summed E-state index contributed by atoms with van der Waals surface area (Å²) in [5, 5.41) is 9.25. The van der Waals surface area contributed by atoms with E-state index in [4.69, 9.17) is 15.2 Å². The van der Waals surface area contributed by atoms with Crippen LogP contribution in [0.5, 0.6) is 5.75 Å². The summed E-state index contributed by atoms with van der Waals surface area (Å²) in [6, 6.07) is 9.37. The van der Waals surface area contributed by atoms with Crippen LogP contribution in [-0.4, -0.2) is 92.6 Å². The van der Waals surface area contributed by atoms with Crippen LogP contribution < -0.4 is 26.4 Å². The molecule has 2 aromatic carbocycles. The van der Waals surface area contributed by atoms with E-state index in [1.54, 1.807) is 30.3 Å². The number of alkyl halides is 4. The summed E-state index contributed by atoms with van der Waals surface area (Å²) in [5.74, 6) is 3.94. The summed E-state index contributed by atoms with van der Waals surface area (Å²) in [5.41, 5.74) is 6.74. The molecule has 1 aliphatic heterocycles. The number of nitrogens with two attached hydrogens (primary N) is 1. The van der Waals surface area contributed by atoms with E-state index in [-0.39, 0.29) is 42.9 Å². The van der Waals surface area contributed by atoms with Crippen molar-refractivity contribution in [1.29, 1.82) is 0 Å². The number of nitrogens with one attached hydrogen (secondary N) is 3. The maximum atomic E-state index is 14.8. The summed E-state index contributed by atoms with van der Waals surface area (Å²) < 4.78 is 66.8. The van der Waals surface area contributed by atoms with Crippen molar-refractivity contribution < 1.29 is 41.4 Å². The van der Waals surface area contributed by atoms with Crippen molar-refractivity contribution in [2.24, 2.45) is 5.73 Å². The monoisotopic (exact) mass is 674 g/mol. The van der Waals surface area contributed by atoms with Crippen LogP contribution in [0.4, 0.5) is 28.9 Å². The van der Waals surface area contributed by atoms with Gasteiger partial charge in [-0.3, -0.25) is 9.59 Å². The standard InChI is InChI=1S/C33H38F4N6O5/c1-42-15-13-25(23(34)18-42)40-24-7-4-8-28-22(24)17-21(43(28)19-33(35,36)37)6-5-14-39-26-10-9-20(16-29(26)47-2)31(45)41-27(32(46)48-3)11-12-30(38)44/h4,7-10,16-17,23,25,27,39-40H,11-15,18-19H2,1-3H3,(H2,38,44)(H,41,45)/t23-,25+,27-/m0/s1. The van der Waals surface area contributed by atoms with Gasteiger partial charge in [-0.05, 0) is 62.2 Å². The van der Waals surface area contributed by atoms with E-state index in [0.29, 0.717) is 35.2 Å². The fourth-order valence-electron chi connectivity index (χ4n) is 5.45. The summed E-state index contributed by atoms with van der Waals surface area (Å²) in [6.45, 7) is -0.283. The highest BCUT2D eigenvalue weighted by molar-refractivity contribution is 5.98. The molecule has 0 bridgehead atoms. The molecule has 2 amide bonds. The number of esters is 1. The van der Waals surface area contributed by atoms with Gasteiger partial charge in [-0.1, -0.05) is 12.0 Å². The van der Waals surface area contributed by atoms with Crippen molar-refractivity contribution in [1.82, 2.24) is 14.8 Å². The molecule has 4 rings (SSSR count). The highest BCUT2D eigenvalue weighted by Crippen LogP contribution is 2.32. The first kappa shape index (κ1) is 35.9. The van der Waals surface area contributed by atoms with E-state index >= 15 is 0 Å². The van der Waals surface area contributed by atoms with E-state index in [9.17, 15) is 31.9 Å². The third kappa shape index (κ3) is 9.31. The predicted molar refractivity (Wildman–Crippen MR) is 172 cm³/mol. The molecule has 11 nitrogen and oxygen atoms in total. The molecule has 0 radical (unpaired) electrons. The lowest BCUT2D eigenvalue weighted by molar-refractivity contribution is -0.143. The number of anilines is 2. The molecule has 1 saturated heterocycles. The summed E-state index contributed by atoms with van der Waals surface area (Å²) in [4.78, 5) is 38.0. The van der Waals surface area contributed by atoms with Crippen LogP contribution in [0.15, 0.2) is 42.5 Å². The first-order valence-electron chi connectivity index (χ1n) is 15.2. The molecule has 1 aromatic heterocycles. The number of methoxy groups -OCH3 is 2. The Kier molecular flexibility index (Phi) is 11.8. The summed E-state index contributed by atoms with van der Waals surface area (Å²) >= 11 is 0. The number of ether oxygens (including phenoxy) is 2. The van der Waals surface area contributed by atoms with Crippen LogP contribution in [0.25, 0.3) is 10.9 Å². The molecule has 48 heavy (non-hydrogen) atoms. The Bertz CT molecular complexity index is 1700. The van der Waals surface area contributed by atoms with Gasteiger partial charge in [0.25, 0.3) is 5.91 Å². The SMILES string of the molecule is COC(=O)[C@H](CCC(N)=O)NC(=O)c1ccc(NCC#Cc2cc3c(N[C@@H]4CCN(C)C[C@@H]4F)cccc3n2CC(F)(F)F)c(OC)c1. The van der Waals surface area contributed by atoms with E-state index in [2.05, 4.69) is 27.8 Å². The van der Waals surface area contributed by atoms with Gasteiger partial charge < -0.3 is 40.6 Å². The van der Waals surface area contributed by atoms with E-state index < -0.39 is 48.8 Å². The van der Waals surface area contributed by atoms with Gasteiger partial charge in [-0.2, -0.15) is 13.2 Å². The molecule has 0 unspecified atom stereocenters. The predicted octanol–water partition coefficient (Wildman–Crippen LogP) is 3.67. The molecule has 5 N–H and O–H groups in total. The number of aromatic nitrogens is 1. The molecule has 0 saturated carbocycles.